The van der Waals surface area contributed by atoms with E-state index in [0.29, 0.717) is 18.3 Å². The third kappa shape index (κ3) is 2.71. The molecule has 1 fully saturated rings. The summed E-state index contributed by atoms with van der Waals surface area (Å²) in [5.74, 6) is 1.28. The van der Waals surface area contributed by atoms with E-state index >= 15 is 0 Å². The van der Waals surface area contributed by atoms with Gasteiger partial charge in [-0.1, -0.05) is 27.2 Å². The van der Waals surface area contributed by atoms with Crippen LogP contribution in [-0.2, 0) is 4.79 Å². The van der Waals surface area contributed by atoms with E-state index in [1.807, 2.05) is 4.90 Å². The van der Waals surface area contributed by atoms with E-state index in [9.17, 15) is 4.79 Å². The Balaban J connectivity index is 2.40. The average molecular weight is 198 g/mol. The van der Waals surface area contributed by atoms with Crippen molar-refractivity contribution < 1.29 is 4.79 Å². The van der Waals surface area contributed by atoms with Crippen molar-refractivity contribution in [1.29, 1.82) is 0 Å². The van der Waals surface area contributed by atoms with Crippen LogP contribution < -0.4 is 5.73 Å². The van der Waals surface area contributed by atoms with Gasteiger partial charge in [0, 0.05) is 25.6 Å². The van der Waals surface area contributed by atoms with Gasteiger partial charge >= 0.3 is 0 Å². The summed E-state index contributed by atoms with van der Waals surface area (Å²) in [6.07, 6.45) is 1.78. The van der Waals surface area contributed by atoms with Crippen molar-refractivity contribution in [2.24, 2.45) is 17.6 Å². The molecular weight excluding hydrogens is 176 g/mol. The molecule has 0 aromatic heterocycles. The van der Waals surface area contributed by atoms with Gasteiger partial charge in [-0.15, -0.1) is 0 Å². The van der Waals surface area contributed by atoms with Crippen molar-refractivity contribution in [3.05, 3.63) is 0 Å². The number of hydrogen-bond donors (Lipinski definition) is 1. The Labute approximate surface area is 86.6 Å². The van der Waals surface area contributed by atoms with Gasteiger partial charge in [0.05, 0.1) is 0 Å². The van der Waals surface area contributed by atoms with Crippen LogP contribution in [0.1, 0.15) is 33.6 Å². The molecule has 82 valence electrons. The molecule has 0 radical (unpaired) electrons. The van der Waals surface area contributed by atoms with Crippen molar-refractivity contribution in [3.8, 4) is 0 Å². The molecule has 3 nitrogen and oxygen atoms in total. The second-order valence-corrected chi connectivity index (χ2v) is 4.66. The number of nitrogens with two attached hydrogens (primary N) is 1. The maximum atomic E-state index is 11.5. The van der Waals surface area contributed by atoms with Crippen molar-refractivity contribution in [1.82, 2.24) is 4.90 Å². The number of amides is 1. The molecule has 1 aliphatic rings. The minimum Gasteiger partial charge on any atom is -0.341 e. The highest BCUT2D eigenvalue weighted by Crippen LogP contribution is 2.18. The maximum absolute atomic E-state index is 11.5. The first-order valence-electron chi connectivity index (χ1n) is 5.58. The van der Waals surface area contributed by atoms with Gasteiger partial charge < -0.3 is 10.6 Å². The van der Waals surface area contributed by atoms with Crippen molar-refractivity contribution in [2.75, 3.05) is 13.1 Å². The highest BCUT2D eigenvalue weighted by molar-refractivity contribution is 5.78. The second-order valence-electron chi connectivity index (χ2n) is 4.66. The topological polar surface area (TPSA) is 46.3 Å². The molecule has 14 heavy (non-hydrogen) atoms. The maximum Gasteiger partial charge on any atom is 0.222 e. The number of hydrogen-bond acceptors (Lipinski definition) is 2. The molecule has 2 N–H and O–H groups in total. The van der Waals surface area contributed by atoms with Crippen LogP contribution in [0.3, 0.4) is 0 Å². The zero-order valence-corrected chi connectivity index (χ0v) is 9.49. The fourth-order valence-corrected chi connectivity index (χ4v) is 1.88. The molecule has 0 bridgehead atoms. The number of likely N-dealkylation sites (tertiary alicyclic amines) is 1. The SMILES string of the molecule is CCC(C)C(N)CN1CC(C)CC1=O. The highest BCUT2D eigenvalue weighted by atomic mass is 16.2. The van der Waals surface area contributed by atoms with E-state index in [4.69, 9.17) is 5.73 Å². The van der Waals surface area contributed by atoms with Gasteiger partial charge in [0.2, 0.25) is 5.91 Å². The Morgan fingerprint density at radius 1 is 1.64 bits per heavy atom. The lowest BCUT2D eigenvalue weighted by atomic mass is 10.00. The monoisotopic (exact) mass is 198 g/mol. The first-order valence-corrected chi connectivity index (χ1v) is 5.58. The summed E-state index contributed by atoms with van der Waals surface area (Å²) in [5, 5.41) is 0. The fraction of sp³-hybridized carbons (Fsp3) is 0.909. The van der Waals surface area contributed by atoms with E-state index < -0.39 is 0 Å². The van der Waals surface area contributed by atoms with Gasteiger partial charge in [0.25, 0.3) is 0 Å². The van der Waals surface area contributed by atoms with E-state index in [1.54, 1.807) is 0 Å². The summed E-state index contributed by atoms with van der Waals surface area (Å²) in [6, 6.07) is 0.134. The lowest BCUT2D eigenvalue weighted by molar-refractivity contribution is -0.128. The zero-order chi connectivity index (χ0) is 10.7. The van der Waals surface area contributed by atoms with Gasteiger partial charge in [0.15, 0.2) is 0 Å². The second kappa shape index (κ2) is 4.78. The van der Waals surface area contributed by atoms with Gasteiger partial charge in [-0.3, -0.25) is 4.79 Å². The first kappa shape index (κ1) is 11.5. The predicted molar refractivity (Wildman–Crippen MR) is 57.8 cm³/mol. The van der Waals surface area contributed by atoms with Crippen LogP contribution in [0.4, 0.5) is 0 Å². The normalized spacial score (nSPS) is 26.7. The van der Waals surface area contributed by atoms with Crippen LogP contribution >= 0.6 is 0 Å². The molecule has 0 aromatic rings. The molecule has 3 atom stereocenters. The minimum absolute atomic E-state index is 0.134. The summed E-state index contributed by atoms with van der Waals surface area (Å²) in [6.45, 7) is 8.03. The van der Waals surface area contributed by atoms with E-state index in [1.165, 1.54) is 0 Å². The van der Waals surface area contributed by atoms with Crippen LogP contribution in [-0.4, -0.2) is 29.9 Å². The first-order chi connectivity index (χ1) is 6.54. The molecule has 0 saturated carbocycles. The van der Waals surface area contributed by atoms with Crippen molar-refractivity contribution >= 4 is 5.91 Å². The Kier molecular flexibility index (Phi) is 3.93. The minimum atomic E-state index is 0.134. The summed E-state index contributed by atoms with van der Waals surface area (Å²) >= 11 is 0. The summed E-state index contributed by atoms with van der Waals surface area (Å²) in [7, 11) is 0. The number of carbonyl (C=O) groups is 1. The van der Waals surface area contributed by atoms with Gasteiger partial charge in [-0.2, -0.15) is 0 Å². The highest BCUT2D eigenvalue weighted by Gasteiger charge is 2.28. The van der Waals surface area contributed by atoms with Crippen LogP contribution in [0.2, 0.25) is 0 Å². The molecule has 3 heteroatoms. The third-order valence-electron chi connectivity index (χ3n) is 3.21. The van der Waals surface area contributed by atoms with Gasteiger partial charge in [0.1, 0.15) is 0 Å². The Morgan fingerprint density at radius 2 is 2.29 bits per heavy atom. The van der Waals surface area contributed by atoms with E-state index in [-0.39, 0.29) is 11.9 Å². The van der Waals surface area contributed by atoms with Gasteiger partial charge in [-0.05, 0) is 11.8 Å². The van der Waals surface area contributed by atoms with Crippen molar-refractivity contribution in [3.63, 3.8) is 0 Å². The molecule has 3 unspecified atom stereocenters. The molecule has 0 aromatic carbocycles. The Bertz CT molecular complexity index is 205. The lowest BCUT2D eigenvalue weighted by Gasteiger charge is -2.24. The largest absolute Gasteiger partial charge is 0.341 e. The molecule has 0 aliphatic carbocycles. The molecular formula is C11H22N2O. The van der Waals surface area contributed by atoms with Crippen LogP contribution in [0, 0.1) is 11.8 Å². The molecule has 1 amide bonds. The lowest BCUT2D eigenvalue weighted by Crippen LogP contribution is -2.42. The Morgan fingerprint density at radius 3 is 2.71 bits per heavy atom. The number of rotatable bonds is 4. The molecule has 1 saturated heterocycles. The molecule has 1 rings (SSSR count). The average Bonchev–Trinajstić information content (AvgIpc) is 2.44. The van der Waals surface area contributed by atoms with Crippen LogP contribution in [0.5, 0.6) is 0 Å². The summed E-state index contributed by atoms with van der Waals surface area (Å²) in [4.78, 5) is 13.4. The predicted octanol–water partition coefficient (Wildman–Crippen LogP) is 1.23. The third-order valence-corrected chi connectivity index (χ3v) is 3.21. The quantitative estimate of drug-likeness (QED) is 0.738. The standard InChI is InChI=1S/C11H22N2O/c1-4-9(3)10(12)7-13-6-8(2)5-11(13)14/h8-10H,4-7,12H2,1-3H3. The summed E-state index contributed by atoms with van der Waals surface area (Å²) in [5.41, 5.74) is 6.02. The number of nitrogens with zero attached hydrogens (tertiary/aromatic N) is 1. The van der Waals surface area contributed by atoms with Crippen LogP contribution in [0.15, 0.2) is 0 Å². The smallest absolute Gasteiger partial charge is 0.222 e. The fourth-order valence-electron chi connectivity index (χ4n) is 1.88. The van der Waals surface area contributed by atoms with Crippen molar-refractivity contribution in [2.45, 2.75) is 39.7 Å². The zero-order valence-electron chi connectivity index (χ0n) is 9.49. The Hall–Kier alpha value is -0.570. The summed E-state index contributed by atoms with van der Waals surface area (Å²) < 4.78 is 0. The van der Waals surface area contributed by atoms with Gasteiger partial charge in [-0.25, -0.2) is 0 Å². The molecule has 1 aliphatic heterocycles. The van der Waals surface area contributed by atoms with E-state index in [0.717, 1.165) is 19.5 Å². The number of carbonyl (C=O) groups excluding carboxylic acids is 1. The molecule has 1 heterocycles. The van der Waals surface area contributed by atoms with E-state index in [2.05, 4.69) is 20.8 Å². The van der Waals surface area contributed by atoms with Crippen LogP contribution in [0.25, 0.3) is 0 Å². The molecule has 0 spiro atoms.